The molecule has 0 amide bonds. The van der Waals surface area contributed by atoms with Crippen molar-refractivity contribution < 1.29 is 28.5 Å². The number of carbonyl (C=O) groups is 1. The van der Waals surface area contributed by atoms with Gasteiger partial charge in [0, 0.05) is 12.0 Å². The highest BCUT2D eigenvalue weighted by molar-refractivity contribution is 5.93. The Morgan fingerprint density at radius 2 is 1.95 bits per heavy atom. The van der Waals surface area contributed by atoms with Gasteiger partial charge in [0.1, 0.15) is 5.75 Å². The number of benzene rings is 1. The van der Waals surface area contributed by atoms with Crippen molar-refractivity contribution in [3.63, 3.8) is 0 Å². The lowest BCUT2D eigenvalue weighted by atomic mass is 10.0. The first-order chi connectivity index (χ1) is 9.63. The summed E-state index contributed by atoms with van der Waals surface area (Å²) in [6, 6.07) is 1.72. The van der Waals surface area contributed by atoms with E-state index in [1.165, 1.54) is 27.6 Å². The lowest BCUT2D eigenvalue weighted by Crippen LogP contribution is -2.04. The second-order valence-electron chi connectivity index (χ2n) is 4.13. The third kappa shape index (κ3) is 2.24. The normalized spacial score (nSPS) is 10.6. The minimum atomic E-state index is -0.363. The third-order valence-electron chi connectivity index (χ3n) is 3.11. The fourth-order valence-corrected chi connectivity index (χ4v) is 2.16. The van der Waals surface area contributed by atoms with E-state index in [9.17, 15) is 9.90 Å². The third-order valence-corrected chi connectivity index (χ3v) is 3.11. The summed E-state index contributed by atoms with van der Waals surface area (Å²) in [4.78, 5) is 11.3. The number of rotatable bonds is 5. The molecule has 1 heterocycles. The first-order valence-electron chi connectivity index (χ1n) is 6.03. The Labute approximate surface area is 115 Å². The number of phenolic OH excluding ortho intramolecular Hbond substituents is 1. The molecule has 0 atom stereocenters. The van der Waals surface area contributed by atoms with E-state index >= 15 is 0 Å². The number of phenols is 1. The molecule has 0 unspecified atom stereocenters. The molecule has 0 saturated heterocycles. The van der Waals surface area contributed by atoms with Crippen LogP contribution in [-0.4, -0.2) is 32.4 Å². The summed E-state index contributed by atoms with van der Waals surface area (Å²) < 4.78 is 20.4. The van der Waals surface area contributed by atoms with Crippen LogP contribution in [-0.2, 0) is 16.0 Å². The number of esters is 1. The van der Waals surface area contributed by atoms with E-state index < -0.39 is 0 Å². The van der Waals surface area contributed by atoms with Gasteiger partial charge in [-0.05, 0) is 12.5 Å². The van der Waals surface area contributed by atoms with Crippen molar-refractivity contribution in [2.75, 3.05) is 21.3 Å². The monoisotopic (exact) mass is 280 g/mol. The summed E-state index contributed by atoms with van der Waals surface area (Å²) in [5.41, 5.74) is 0.896. The first-order valence-corrected chi connectivity index (χ1v) is 6.03. The van der Waals surface area contributed by atoms with Crippen LogP contribution in [0.4, 0.5) is 0 Å². The van der Waals surface area contributed by atoms with Crippen LogP contribution in [0.3, 0.4) is 0 Å². The molecule has 0 fully saturated rings. The zero-order valence-electron chi connectivity index (χ0n) is 11.6. The molecule has 1 N–H and O–H groups in total. The molecule has 0 aliphatic rings. The first kappa shape index (κ1) is 14.0. The highest BCUT2D eigenvalue weighted by atomic mass is 16.5. The van der Waals surface area contributed by atoms with Crippen molar-refractivity contribution in [1.29, 1.82) is 0 Å². The Kier molecular flexibility index (Phi) is 4.02. The smallest absolute Gasteiger partial charge is 0.305 e. The summed E-state index contributed by atoms with van der Waals surface area (Å²) in [5.74, 6) is 0.245. The molecule has 0 bridgehead atoms. The van der Waals surface area contributed by atoms with Crippen molar-refractivity contribution in [2.24, 2.45) is 0 Å². The molecule has 108 valence electrons. The summed E-state index contributed by atoms with van der Waals surface area (Å²) in [6.45, 7) is 0. The number of methoxy groups -OCH3 is 3. The number of furan rings is 1. The maximum absolute atomic E-state index is 11.3. The Balaban J connectivity index is 2.55. The molecule has 0 saturated carbocycles. The van der Waals surface area contributed by atoms with E-state index in [1.807, 2.05) is 0 Å². The van der Waals surface area contributed by atoms with Gasteiger partial charge in [0.05, 0.1) is 33.0 Å². The molecule has 2 aromatic rings. The second kappa shape index (κ2) is 5.73. The standard InChI is InChI=1S/C14H16O6/c1-17-10(15)5-4-8-11(16)14(19-3)13-9(6-7-20-13)12(8)18-2/h6-7,16H,4-5H2,1-3H3. The predicted octanol–water partition coefficient (Wildman–Crippen LogP) is 2.26. The Bertz CT molecular complexity index is 628. The van der Waals surface area contributed by atoms with Crippen LogP contribution >= 0.6 is 0 Å². The van der Waals surface area contributed by atoms with Crippen molar-refractivity contribution in [3.8, 4) is 17.2 Å². The Hall–Kier alpha value is -2.37. The van der Waals surface area contributed by atoms with Gasteiger partial charge in [-0.1, -0.05) is 0 Å². The van der Waals surface area contributed by atoms with E-state index in [2.05, 4.69) is 4.74 Å². The largest absolute Gasteiger partial charge is 0.504 e. The average molecular weight is 280 g/mol. The molecule has 6 heteroatoms. The number of aromatic hydroxyl groups is 1. The molecule has 1 aromatic carbocycles. The van der Waals surface area contributed by atoms with Gasteiger partial charge in [0.15, 0.2) is 11.3 Å². The second-order valence-corrected chi connectivity index (χ2v) is 4.13. The van der Waals surface area contributed by atoms with Gasteiger partial charge in [0.25, 0.3) is 0 Å². The summed E-state index contributed by atoms with van der Waals surface area (Å²) in [7, 11) is 4.25. The van der Waals surface area contributed by atoms with E-state index in [0.29, 0.717) is 22.3 Å². The molecule has 0 radical (unpaired) electrons. The quantitative estimate of drug-likeness (QED) is 0.846. The van der Waals surface area contributed by atoms with Gasteiger partial charge < -0.3 is 23.7 Å². The van der Waals surface area contributed by atoms with E-state index in [4.69, 9.17) is 13.9 Å². The lowest BCUT2D eigenvalue weighted by molar-refractivity contribution is -0.140. The number of fused-ring (bicyclic) bond motifs is 1. The van der Waals surface area contributed by atoms with Gasteiger partial charge in [-0.3, -0.25) is 4.79 Å². The van der Waals surface area contributed by atoms with Crippen molar-refractivity contribution >= 4 is 16.9 Å². The lowest BCUT2D eigenvalue weighted by Gasteiger charge is -2.14. The molecular formula is C14H16O6. The van der Waals surface area contributed by atoms with Crippen LogP contribution in [0.15, 0.2) is 16.7 Å². The molecule has 0 spiro atoms. The highest BCUT2D eigenvalue weighted by Gasteiger charge is 2.23. The average Bonchev–Trinajstić information content (AvgIpc) is 2.93. The molecular weight excluding hydrogens is 264 g/mol. The number of ether oxygens (including phenoxy) is 3. The van der Waals surface area contributed by atoms with Crippen molar-refractivity contribution in [2.45, 2.75) is 12.8 Å². The summed E-state index contributed by atoms with van der Waals surface area (Å²) in [6.07, 6.45) is 1.89. The van der Waals surface area contributed by atoms with Gasteiger partial charge in [0.2, 0.25) is 5.75 Å². The topological polar surface area (TPSA) is 78.1 Å². The summed E-state index contributed by atoms with van der Waals surface area (Å²) >= 11 is 0. The predicted molar refractivity (Wildman–Crippen MR) is 71.3 cm³/mol. The zero-order valence-corrected chi connectivity index (χ0v) is 11.6. The maximum Gasteiger partial charge on any atom is 0.305 e. The Morgan fingerprint density at radius 1 is 1.25 bits per heavy atom. The molecule has 2 rings (SSSR count). The van der Waals surface area contributed by atoms with Crippen LogP contribution in [0.1, 0.15) is 12.0 Å². The molecule has 6 nitrogen and oxygen atoms in total. The van der Waals surface area contributed by atoms with Crippen LogP contribution < -0.4 is 9.47 Å². The number of carbonyl (C=O) groups excluding carboxylic acids is 1. The minimum Gasteiger partial charge on any atom is -0.504 e. The molecule has 1 aromatic heterocycles. The van der Waals surface area contributed by atoms with Crippen molar-refractivity contribution in [3.05, 3.63) is 17.9 Å². The molecule has 0 aliphatic heterocycles. The zero-order chi connectivity index (χ0) is 14.7. The SMILES string of the molecule is COC(=O)CCc1c(O)c(OC)c2occc2c1OC. The molecule has 0 aliphatic carbocycles. The van der Waals surface area contributed by atoms with E-state index in [1.54, 1.807) is 6.07 Å². The van der Waals surface area contributed by atoms with E-state index in [0.717, 1.165) is 0 Å². The van der Waals surface area contributed by atoms with Gasteiger partial charge >= 0.3 is 5.97 Å². The maximum atomic E-state index is 11.3. The Morgan fingerprint density at radius 3 is 2.55 bits per heavy atom. The van der Waals surface area contributed by atoms with Crippen LogP contribution in [0, 0.1) is 0 Å². The minimum absolute atomic E-state index is 0.0873. The number of hydrogen-bond donors (Lipinski definition) is 1. The van der Waals surface area contributed by atoms with Gasteiger partial charge in [-0.2, -0.15) is 0 Å². The van der Waals surface area contributed by atoms with Gasteiger partial charge in [-0.25, -0.2) is 0 Å². The highest BCUT2D eigenvalue weighted by Crippen LogP contribution is 2.46. The van der Waals surface area contributed by atoms with Crippen molar-refractivity contribution in [1.82, 2.24) is 0 Å². The fourth-order valence-electron chi connectivity index (χ4n) is 2.16. The van der Waals surface area contributed by atoms with Gasteiger partial charge in [-0.15, -0.1) is 0 Å². The van der Waals surface area contributed by atoms with Crippen LogP contribution in [0.2, 0.25) is 0 Å². The van der Waals surface area contributed by atoms with E-state index in [-0.39, 0.29) is 30.3 Å². The fraction of sp³-hybridized carbons (Fsp3) is 0.357. The molecule has 20 heavy (non-hydrogen) atoms. The van der Waals surface area contributed by atoms with Crippen LogP contribution in [0.25, 0.3) is 11.0 Å². The number of hydrogen-bond acceptors (Lipinski definition) is 6. The van der Waals surface area contributed by atoms with Crippen LogP contribution in [0.5, 0.6) is 17.2 Å². The summed E-state index contributed by atoms with van der Waals surface area (Å²) in [5, 5.41) is 11.0.